The van der Waals surface area contributed by atoms with Crippen molar-refractivity contribution in [2.24, 2.45) is 5.92 Å². The lowest BCUT2D eigenvalue weighted by atomic mass is 9.93. The molecule has 1 aromatic heterocycles. The molecule has 10 heteroatoms. The molecule has 3 heterocycles. The van der Waals surface area contributed by atoms with Crippen molar-refractivity contribution in [1.82, 2.24) is 14.9 Å². The van der Waals surface area contributed by atoms with Crippen LogP contribution in [0.15, 0.2) is 23.1 Å². The highest BCUT2D eigenvalue weighted by Gasteiger charge is 2.38. The SMILES string of the molecule is COC(=O)[C@H]1CCCCN1C(=O)[C@H]1CCCN(c2nc(C)c3ccc(S(C)(=O)=O)cc3n2)C1. The summed E-state index contributed by atoms with van der Waals surface area (Å²) in [5.74, 6) is -0.144. The molecule has 33 heavy (non-hydrogen) atoms. The van der Waals surface area contributed by atoms with Gasteiger partial charge in [-0.25, -0.2) is 23.2 Å². The van der Waals surface area contributed by atoms with Crippen LogP contribution in [0.3, 0.4) is 0 Å². The summed E-state index contributed by atoms with van der Waals surface area (Å²) >= 11 is 0. The van der Waals surface area contributed by atoms with Gasteiger partial charge in [0.2, 0.25) is 11.9 Å². The molecule has 0 bridgehead atoms. The number of rotatable bonds is 4. The van der Waals surface area contributed by atoms with Crippen LogP contribution in [-0.2, 0) is 24.2 Å². The minimum Gasteiger partial charge on any atom is -0.467 e. The van der Waals surface area contributed by atoms with Gasteiger partial charge in [-0.05, 0) is 57.2 Å². The molecule has 9 nitrogen and oxygen atoms in total. The highest BCUT2D eigenvalue weighted by molar-refractivity contribution is 7.90. The number of aromatic nitrogens is 2. The van der Waals surface area contributed by atoms with Crippen molar-refractivity contribution < 1.29 is 22.7 Å². The molecule has 2 fully saturated rings. The third-order valence-corrected chi connectivity index (χ3v) is 7.70. The molecule has 2 aliphatic rings. The minimum atomic E-state index is -3.35. The quantitative estimate of drug-likeness (QED) is 0.620. The van der Waals surface area contributed by atoms with E-state index in [1.54, 1.807) is 23.1 Å². The number of methoxy groups -OCH3 is 1. The van der Waals surface area contributed by atoms with Crippen LogP contribution in [0, 0.1) is 12.8 Å². The van der Waals surface area contributed by atoms with Gasteiger partial charge in [-0.15, -0.1) is 0 Å². The summed E-state index contributed by atoms with van der Waals surface area (Å²) in [6, 6.07) is 4.36. The average molecular weight is 475 g/mol. The van der Waals surface area contributed by atoms with Crippen molar-refractivity contribution in [3.63, 3.8) is 0 Å². The van der Waals surface area contributed by atoms with Crippen LogP contribution in [0.1, 0.15) is 37.8 Å². The van der Waals surface area contributed by atoms with Crippen LogP contribution in [-0.4, -0.2) is 74.2 Å². The molecule has 0 unspecified atom stereocenters. The van der Waals surface area contributed by atoms with Crippen LogP contribution in [0.2, 0.25) is 0 Å². The highest BCUT2D eigenvalue weighted by Crippen LogP contribution is 2.28. The number of ether oxygens (including phenoxy) is 1. The largest absolute Gasteiger partial charge is 0.467 e. The zero-order chi connectivity index (χ0) is 23.8. The number of piperidine rings is 2. The summed E-state index contributed by atoms with van der Waals surface area (Å²) in [6.07, 6.45) is 5.13. The van der Waals surface area contributed by atoms with Gasteiger partial charge >= 0.3 is 5.97 Å². The first-order valence-electron chi connectivity index (χ1n) is 11.3. The van der Waals surface area contributed by atoms with E-state index in [-0.39, 0.29) is 22.7 Å². The van der Waals surface area contributed by atoms with Crippen molar-refractivity contribution in [2.45, 2.75) is 50.0 Å². The Kier molecular flexibility index (Phi) is 6.56. The van der Waals surface area contributed by atoms with E-state index in [1.807, 2.05) is 11.8 Å². The van der Waals surface area contributed by atoms with Crippen LogP contribution in [0.5, 0.6) is 0 Å². The van der Waals surface area contributed by atoms with Crippen LogP contribution in [0.4, 0.5) is 5.95 Å². The predicted octanol–water partition coefficient (Wildman–Crippen LogP) is 2.11. The monoisotopic (exact) mass is 474 g/mol. The number of nitrogens with zero attached hydrogens (tertiary/aromatic N) is 4. The Morgan fingerprint density at radius 3 is 2.61 bits per heavy atom. The number of amides is 1. The second-order valence-corrected chi connectivity index (χ2v) is 10.9. The Hall–Kier alpha value is -2.75. The number of fused-ring (bicyclic) bond motifs is 1. The van der Waals surface area contributed by atoms with E-state index in [9.17, 15) is 18.0 Å². The molecule has 0 aliphatic carbocycles. The van der Waals surface area contributed by atoms with Gasteiger partial charge in [0.25, 0.3) is 0 Å². The Bertz CT molecular complexity index is 1180. The minimum absolute atomic E-state index is 0.0216. The molecule has 1 amide bonds. The van der Waals surface area contributed by atoms with Crippen LogP contribution < -0.4 is 4.90 Å². The Morgan fingerprint density at radius 1 is 1.09 bits per heavy atom. The molecule has 2 aliphatic heterocycles. The van der Waals surface area contributed by atoms with E-state index in [2.05, 4.69) is 9.97 Å². The van der Waals surface area contributed by atoms with Crippen molar-refractivity contribution >= 4 is 38.6 Å². The first-order chi connectivity index (χ1) is 15.7. The topological polar surface area (TPSA) is 110 Å². The maximum atomic E-state index is 13.4. The van der Waals surface area contributed by atoms with Crippen LogP contribution in [0.25, 0.3) is 10.9 Å². The van der Waals surface area contributed by atoms with E-state index in [0.717, 1.165) is 36.8 Å². The number of anilines is 1. The molecule has 0 saturated carbocycles. The fourth-order valence-corrected chi connectivity index (χ4v) is 5.44. The molecule has 2 aromatic rings. The molecule has 2 atom stereocenters. The summed E-state index contributed by atoms with van der Waals surface area (Å²) < 4.78 is 28.9. The Morgan fingerprint density at radius 2 is 1.88 bits per heavy atom. The van der Waals surface area contributed by atoms with Crippen molar-refractivity contribution in [1.29, 1.82) is 0 Å². The molecule has 4 rings (SSSR count). The van der Waals surface area contributed by atoms with Gasteiger partial charge in [-0.1, -0.05) is 0 Å². The lowest BCUT2D eigenvalue weighted by Crippen LogP contribution is -2.53. The molecule has 0 spiro atoms. The number of sulfone groups is 1. The number of carbonyl (C=O) groups excluding carboxylic acids is 2. The fraction of sp³-hybridized carbons (Fsp3) is 0.565. The summed E-state index contributed by atoms with van der Waals surface area (Å²) in [5.41, 5.74) is 1.32. The number of hydrogen-bond acceptors (Lipinski definition) is 8. The van der Waals surface area contributed by atoms with E-state index in [4.69, 9.17) is 4.74 Å². The Labute approximate surface area is 194 Å². The van der Waals surface area contributed by atoms with Crippen molar-refractivity contribution in [3.05, 3.63) is 23.9 Å². The highest BCUT2D eigenvalue weighted by atomic mass is 32.2. The molecular formula is C23H30N4O5S. The van der Waals surface area contributed by atoms with Crippen LogP contribution >= 0.6 is 0 Å². The summed E-state index contributed by atoms with van der Waals surface area (Å²) in [5, 5.41) is 0.796. The van der Waals surface area contributed by atoms with E-state index < -0.39 is 15.9 Å². The molecule has 2 saturated heterocycles. The summed E-state index contributed by atoms with van der Waals surface area (Å²) in [7, 11) is -2.00. The van der Waals surface area contributed by atoms with Gasteiger partial charge in [0.05, 0.1) is 29.1 Å². The molecule has 0 radical (unpaired) electrons. The zero-order valence-electron chi connectivity index (χ0n) is 19.3. The molecule has 1 aromatic carbocycles. The fourth-order valence-electron chi connectivity index (χ4n) is 4.80. The van der Waals surface area contributed by atoms with Crippen molar-refractivity contribution in [3.8, 4) is 0 Å². The third kappa shape index (κ3) is 4.80. The second kappa shape index (κ2) is 9.24. The lowest BCUT2D eigenvalue weighted by Gasteiger charge is -2.39. The standard InChI is InChI=1S/C23H30N4O5S/c1-15-18-10-9-17(33(3,30)31)13-19(18)25-23(24-15)26-11-6-7-16(14-26)21(28)27-12-5-4-8-20(27)22(29)32-2/h9-10,13,16,20H,4-8,11-12,14H2,1-3H3/t16-,20+/m0/s1. The normalized spacial score (nSPS) is 21.8. The van der Waals surface area contributed by atoms with Gasteiger partial charge in [0.1, 0.15) is 6.04 Å². The van der Waals surface area contributed by atoms with E-state index in [0.29, 0.717) is 37.5 Å². The third-order valence-electron chi connectivity index (χ3n) is 6.59. The second-order valence-electron chi connectivity index (χ2n) is 8.91. The van der Waals surface area contributed by atoms with Gasteiger partial charge in [-0.2, -0.15) is 0 Å². The predicted molar refractivity (Wildman–Crippen MR) is 124 cm³/mol. The van der Waals surface area contributed by atoms with E-state index in [1.165, 1.54) is 13.4 Å². The summed E-state index contributed by atoms with van der Waals surface area (Å²) in [6.45, 7) is 3.60. The number of hydrogen-bond donors (Lipinski definition) is 0. The van der Waals surface area contributed by atoms with Crippen molar-refractivity contribution in [2.75, 3.05) is 37.9 Å². The lowest BCUT2D eigenvalue weighted by molar-refractivity contribution is -0.156. The van der Waals surface area contributed by atoms with Gasteiger partial charge < -0.3 is 14.5 Å². The molecule has 178 valence electrons. The smallest absolute Gasteiger partial charge is 0.328 e. The first kappa shape index (κ1) is 23.4. The summed E-state index contributed by atoms with van der Waals surface area (Å²) in [4.78, 5) is 38.8. The van der Waals surface area contributed by atoms with Gasteiger partial charge in [-0.3, -0.25) is 4.79 Å². The molecule has 0 N–H and O–H groups in total. The number of esters is 1. The van der Waals surface area contributed by atoms with Gasteiger partial charge in [0, 0.05) is 31.3 Å². The zero-order valence-corrected chi connectivity index (χ0v) is 20.1. The maximum Gasteiger partial charge on any atom is 0.328 e. The van der Waals surface area contributed by atoms with E-state index >= 15 is 0 Å². The average Bonchev–Trinajstić information content (AvgIpc) is 2.82. The number of carbonyl (C=O) groups is 2. The number of aryl methyl sites for hydroxylation is 1. The number of benzene rings is 1. The Balaban J connectivity index is 1.59. The number of likely N-dealkylation sites (tertiary alicyclic amines) is 1. The first-order valence-corrected chi connectivity index (χ1v) is 13.2. The molecular weight excluding hydrogens is 444 g/mol. The maximum absolute atomic E-state index is 13.4. The van der Waals surface area contributed by atoms with Gasteiger partial charge in [0.15, 0.2) is 9.84 Å².